The molecule has 1 saturated heterocycles. The van der Waals surface area contributed by atoms with Gasteiger partial charge in [-0.25, -0.2) is 0 Å². The topological polar surface area (TPSA) is 79.2 Å². The Balaban J connectivity index is 2.66. The van der Waals surface area contributed by atoms with Crippen molar-refractivity contribution in [3.63, 3.8) is 0 Å². The summed E-state index contributed by atoms with van der Waals surface area (Å²) in [5.74, 6) is 0. The van der Waals surface area contributed by atoms with Gasteiger partial charge in [-0.05, 0) is 0 Å². The zero-order valence-electron chi connectivity index (χ0n) is 6.93. The molecule has 3 unspecified atom stereocenters. The number of ether oxygens (including phenoxy) is 2. The summed E-state index contributed by atoms with van der Waals surface area (Å²) < 4.78 is 9.68. The minimum absolute atomic E-state index is 0.0328. The SMILES string of the molecule is COCC1(O)C(O)COC1CO. The van der Waals surface area contributed by atoms with Crippen molar-refractivity contribution in [1.82, 2.24) is 0 Å². The molecule has 5 heteroatoms. The van der Waals surface area contributed by atoms with Crippen molar-refractivity contribution in [2.75, 3.05) is 26.9 Å². The normalized spacial score (nSPS) is 42.0. The van der Waals surface area contributed by atoms with Gasteiger partial charge in [-0.2, -0.15) is 0 Å². The van der Waals surface area contributed by atoms with Gasteiger partial charge in [0.2, 0.25) is 0 Å². The summed E-state index contributed by atoms with van der Waals surface area (Å²) in [6.45, 7) is -0.332. The molecule has 1 heterocycles. The molecule has 0 amide bonds. The lowest BCUT2D eigenvalue weighted by molar-refractivity contribution is -0.126. The molecule has 0 spiro atoms. The Bertz CT molecular complexity index is 151. The predicted molar refractivity (Wildman–Crippen MR) is 39.7 cm³/mol. The van der Waals surface area contributed by atoms with Crippen molar-refractivity contribution in [2.24, 2.45) is 0 Å². The van der Waals surface area contributed by atoms with Crippen LogP contribution >= 0.6 is 0 Å². The third-order valence-electron chi connectivity index (χ3n) is 2.13. The van der Waals surface area contributed by atoms with E-state index in [1.54, 1.807) is 0 Å². The summed E-state index contributed by atoms with van der Waals surface area (Å²) in [7, 11) is 1.41. The fraction of sp³-hybridized carbons (Fsp3) is 1.00. The second-order valence-electron chi connectivity index (χ2n) is 2.94. The molecular weight excluding hydrogens is 164 g/mol. The zero-order valence-corrected chi connectivity index (χ0v) is 6.93. The molecule has 5 nitrogen and oxygen atoms in total. The van der Waals surface area contributed by atoms with Gasteiger partial charge in [-0.15, -0.1) is 0 Å². The predicted octanol–water partition coefficient (Wildman–Crippen LogP) is -1.88. The Morgan fingerprint density at radius 3 is 2.83 bits per heavy atom. The first-order chi connectivity index (χ1) is 5.65. The van der Waals surface area contributed by atoms with Crippen molar-refractivity contribution in [1.29, 1.82) is 0 Å². The number of aliphatic hydroxyl groups excluding tert-OH is 2. The van der Waals surface area contributed by atoms with Crippen LogP contribution in [0.3, 0.4) is 0 Å². The molecule has 12 heavy (non-hydrogen) atoms. The lowest BCUT2D eigenvalue weighted by atomic mass is 9.94. The van der Waals surface area contributed by atoms with E-state index in [4.69, 9.17) is 14.6 Å². The molecule has 1 aliphatic rings. The third-order valence-corrected chi connectivity index (χ3v) is 2.13. The maximum atomic E-state index is 9.76. The average molecular weight is 178 g/mol. The van der Waals surface area contributed by atoms with Gasteiger partial charge in [0.1, 0.15) is 17.8 Å². The van der Waals surface area contributed by atoms with Crippen LogP contribution in [0, 0.1) is 0 Å². The van der Waals surface area contributed by atoms with Crippen LogP contribution in [-0.2, 0) is 9.47 Å². The van der Waals surface area contributed by atoms with E-state index in [1.807, 2.05) is 0 Å². The molecule has 3 N–H and O–H groups in total. The second kappa shape index (κ2) is 3.68. The highest BCUT2D eigenvalue weighted by Gasteiger charge is 2.49. The van der Waals surface area contributed by atoms with E-state index in [-0.39, 0.29) is 19.8 Å². The van der Waals surface area contributed by atoms with E-state index in [1.165, 1.54) is 7.11 Å². The summed E-state index contributed by atoms with van der Waals surface area (Å²) in [6, 6.07) is 0. The van der Waals surface area contributed by atoms with Crippen molar-refractivity contribution in [2.45, 2.75) is 17.8 Å². The van der Waals surface area contributed by atoms with Gasteiger partial charge < -0.3 is 24.8 Å². The number of aliphatic hydroxyl groups is 3. The van der Waals surface area contributed by atoms with Gasteiger partial charge in [0, 0.05) is 7.11 Å². The molecule has 1 aliphatic heterocycles. The molecule has 3 atom stereocenters. The Hall–Kier alpha value is -0.200. The van der Waals surface area contributed by atoms with Gasteiger partial charge in [0.25, 0.3) is 0 Å². The largest absolute Gasteiger partial charge is 0.394 e. The number of hydrogen-bond acceptors (Lipinski definition) is 5. The maximum Gasteiger partial charge on any atom is 0.144 e. The van der Waals surface area contributed by atoms with E-state index in [0.29, 0.717) is 0 Å². The molecule has 1 rings (SSSR count). The smallest absolute Gasteiger partial charge is 0.144 e. The van der Waals surface area contributed by atoms with Gasteiger partial charge in [0.15, 0.2) is 0 Å². The van der Waals surface area contributed by atoms with Gasteiger partial charge >= 0.3 is 0 Å². The first-order valence-electron chi connectivity index (χ1n) is 3.77. The van der Waals surface area contributed by atoms with E-state index in [2.05, 4.69) is 0 Å². The zero-order chi connectivity index (χ0) is 9.19. The van der Waals surface area contributed by atoms with Crippen LogP contribution in [0.1, 0.15) is 0 Å². The summed E-state index contributed by atoms with van der Waals surface area (Å²) >= 11 is 0. The van der Waals surface area contributed by atoms with Crippen molar-refractivity contribution >= 4 is 0 Å². The van der Waals surface area contributed by atoms with Crippen molar-refractivity contribution in [3.8, 4) is 0 Å². The van der Waals surface area contributed by atoms with Crippen LogP contribution in [0.5, 0.6) is 0 Å². The number of hydrogen-bond donors (Lipinski definition) is 3. The van der Waals surface area contributed by atoms with E-state index < -0.39 is 17.8 Å². The van der Waals surface area contributed by atoms with E-state index >= 15 is 0 Å². The maximum absolute atomic E-state index is 9.76. The minimum Gasteiger partial charge on any atom is -0.394 e. The lowest BCUT2D eigenvalue weighted by Crippen LogP contribution is -2.52. The molecule has 0 aliphatic carbocycles. The summed E-state index contributed by atoms with van der Waals surface area (Å²) in [5, 5.41) is 27.9. The Morgan fingerprint density at radius 1 is 1.67 bits per heavy atom. The lowest BCUT2D eigenvalue weighted by Gasteiger charge is -2.28. The molecule has 72 valence electrons. The van der Waals surface area contributed by atoms with E-state index in [0.717, 1.165) is 0 Å². The Labute approximate surface area is 70.5 Å². The summed E-state index contributed by atoms with van der Waals surface area (Å²) in [6.07, 6.45) is -1.75. The fourth-order valence-corrected chi connectivity index (χ4v) is 1.34. The van der Waals surface area contributed by atoms with Crippen LogP contribution in [0.4, 0.5) is 0 Å². The molecule has 0 aromatic carbocycles. The third kappa shape index (κ3) is 1.46. The van der Waals surface area contributed by atoms with Crippen LogP contribution in [-0.4, -0.2) is 60.1 Å². The molecule has 0 aromatic rings. The molecule has 1 fully saturated rings. The highest BCUT2D eigenvalue weighted by atomic mass is 16.6. The molecule has 0 radical (unpaired) electrons. The van der Waals surface area contributed by atoms with Gasteiger partial charge in [0.05, 0.1) is 19.8 Å². The van der Waals surface area contributed by atoms with Crippen LogP contribution in [0.25, 0.3) is 0 Å². The molecule has 0 saturated carbocycles. The van der Waals surface area contributed by atoms with E-state index in [9.17, 15) is 10.2 Å². The van der Waals surface area contributed by atoms with Crippen LogP contribution in [0.2, 0.25) is 0 Å². The standard InChI is InChI=1S/C7H14O5/c1-11-4-7(10)5(9)3-12-6(7)2-8/h5-6,8-10H,2-4H2,1H3. The van der Waals surface area contributed by atoms with Crippen LogP contribution < -0.4 is 0 Å². The Kier molecular flexibility index (Phi) is 3.03. The highest BCUT2D eigenvalue weighted by molar-refractivity contribution is 4.98. The first kappa shape index (κ1) is 9.88. The van der Waals surface area contributed by atoms with Gasteiger partial charge in [-0.3, -0.25) is 0 Å². The number of methoxy groups -OCH3 is 1. The molecular formula is C7H14O5. The summed E-state index contributed by atoms with van der Waals surface area (Å²) in [5.41, 5.74) is -1.47. The van der Waals surface area contributed by atoms with Crippen molar-refractivity contribution < 1.29 is 24.8 Å². The Morgan fingerprint density at radius 2 is 2.33 bits per heavy atom. The molecule has 0 bridgehead atoms. The monoisotopic (exact) mass is 178 g/mol. The van der Waals surface area contributed by atoms with Crippen LogP contribution in [0.15, 0.2) is 0 Å². The fourth-order valence-electron chi connectivity index (χ4n) is 1.34. The molecule has 0 aromatic heterocycles. The first-order valence-corrected chi connectivity index (χ1v) is 3.77. The minimum atomic E-state index is -1.47. The summed E-state index contributed by atoms with van der Waals surface area (Å²) in [4.78, 5) is 0. The van der Waals surface area contributed by atoms with Crippen molar-refractivity contribution in [3.05, 3.63) is 0 Å². The number of rotatable bonds is 3. The van der Waals surface area contributed by atoms with Gasteiger partial charge in [-0.1, -0.05) is 0 Å². The average Bonchev–Trinajstić information content (AvgIpc) is 2.30. The second-order valence-corrected chi connectivity index (χ2v) is 2.94. The highest BCUT2D eigenvalue weighted by Crippen LogP contribution is 2.26. The quantitative estimate of drug-likeness (QED) is 0.471.